The molecule has 0 saturated carbocycles. The van der Waals surface area contributed by atoms with Crippen molar-refractivity contribution in [2.75, 3.05) is 17.7 Å². The first-order valence-corrected chi connectivity index (χ1v) is 7.11. The monoisotopic (exact) mass is 297 g/mol. The zero-order valence-corrected chi connectivity index (χ0v) is 12.5. The van der Waals surface area contributed by atoms with Crippen molar-refractivity contribution in [3.63, 3.8) is 0 Å². The van der Waals surface area contributed by atoms with E-state index in [1.54, 1.807) is 36.5 Å². The second-order valence-electron chi connectivity index (χ2n) is 4.69. The molecule has 0 spiro atoms. The highest BCUT2D eigenvalue weighted by Crippen LogP contribution is 2.21. The summed E-state index contributed by atoms with van der Waals surface area (Å²) in [5.74, 6) is 0.721. The summed E-state index contributed by atoms with van der Waals surface area (Å²) in [6, 6.07) is 10.8. The Kier molecular flexibility index (Phi) is 5.54. The SMILES string of the molecule is CCCOc1cccnc1NC(=O)/C=C/c1ccc(N)cc1. The fraction of sp³-hybridized carbons (Fsp3) is 0.176. The van der Waals surface area contributed by atoms with E-state index in [-0.39, 0.29) is 5.91 Å². The van der Waals surface area contributed by atoms with Crippen LogP contribution >= 0.6 is 0 Å². The molecule has 5 nitrogen and oxygen atoms in total. The van der Waals surface area contributed by atoms with E-state index in [0.29, 0.717) is 23.9 Å². The number of anilines is 2. The minimum Gasteiger partial charge on any atom is -0.490 e. The van der Waals surface area contributed by atoms with Gasteiger partial charge in [-0.2, -0.15) is 0 Å². The first-order chi connectivity index (χ1) is 10.7. The molecule has 5 heteroatoms. The molecule has 0 aliphatic heterocycles. The Morgan fingerprint density at radius 1 is 1.32 bits per heavy atom. The Morgan fingerprint density at radius 2 is 2.09 bits per heavy atom. The standard InChI is InChI=1S/C17H19N3O2/c1-2-12-22-15-4-3-11-19-17(15)20-16(21)10-7-13-5-8-14(18)9-6-13/h3-11H,2,12,18H2,1H3,(H,19,20,21)/b10-7+. The highest BCUT2D eigenvalue weighted by atomic mass is 16.5. The van der Waals surface area contributed by atoms with E-state index < -0.39 is 0 Å². The third kappa shape index (κ3) is 4.63. The van der Waals surface area contributed by atoms with Gasteiger partial charge in [-0.1, -0.05) is 19.1 Å². The fourth-order valence-corrected chi connectivity index (χ4v) is 1.75. The van der Waals surface area contributed by atoms with Crippen molar-refractivity contribution in [1.82, 2.24) is 4.98 Å². The molecule has 114 valence electrons. The van der Waals surface area contributed by atoms with Gasteiger partial charge in [-0.25, -0.2) is 4.98 Å². The van der Waals surface area contributed by atoms with Crippen molar-refractivity contribution in [3.8, 4) is 5.75 Å². The molecule has 1 amide bonds. The number of aromatic nitrogens is 1. The van der Waals surface area contributed by atoms with Crippen LogP contribution in [0.4, 0.5) is 11.5 Å². The lowest BCUT2D eigenvalue weighted by atomic mass is 10.2. The Balaban J connectivity index is 2.01. The van der Waals surface area contributed by atoms with Crippen LogP contribution in [0.1, 0.15) is 18.9 Å². The van der Waals surface area contributed by atoms with Crippen LogP contribution in [0.2, 0.25) is 0 Å². The van der Waals surface area contributed by atoms with Gasteiger partial charge >= 0.3 is 0 Å². The van der Waals surface area contributed by atoms with Gasteiger partial charge in [-0.15, -0.1) is 0 Å². The number of nitrogen functional groups attached to an aromatic ring is 1. The van der Waals surface area contributed by atoms with Crippen LogP contribution in [0.5, 0.6) is 5.75 Å². The smallest absolute Gasteiger partial charge is 0.249 e. The molecular formula is C17H19N3O2. The van der Waals surface area contributed by atoms with Crippen LogP contribution in [0, 0.1) is 0 Å². The third-order valence-corrected chi connectivity index (χ3v) is 2.84. The largest absolute Gasteiger partial charge is 0.490 e. The van der Waals surface area contributed by atoms with E-state index in [0.717, 1.165) is 12.0 Å². The van der Waals surface area contributed by atoms with Crippen LogP contribution < -0.4 is 15.8 Å². The summed E-state index contributed by atoms with van der Waals surface area (Å²) >= 11 is 0. The van der Waals surface area contributed by atoms with Crippen molar-refractivity contribution in [2.24, 2.45) is 0 Å². The number of nitrogens with one attached hydrogen (secondary N) is 1. The molecular weight excluding hydrogens is 278 g/mol. The molecule has 0 radical (unpaired) electrons. The number of ether oxygens (including phenoxy) is 1. The number of hydrogen-bond acceptors (Lipinski definition) is 4. The van der Waals surface area contributed by atoms with Crippen molar-refractivity contribution >= 4 is 23.5 Å². The first-order valence-electron chi connectivity index (χ1n) is 7.11. The lowest BCUT2D eigenvalue weighted by molar-refractivity contribution is -0.111. The van der Waals surface area contributed by atoms with Crippen molar-refractivity contribution in [2.45, 2.75) is 13.3 Å². The maximum atomic E-state index is 12.0. The van der Waals surface area contributed by atoms with Gasteiger partial charge in [0.25, 0.3) is 0 Å². The van der Waals surface area contributed by atoms with Crippen molar-refractivity contribution in [3.05, 3.63) is 54.2 Å². The van der Waals surface area contributed by atoms with Gasteiger partial charge in [0.1, 0.15) is 0 Å². The van der Waals surface area contributed by atoms with E-state index in [1.165, 1.54) is 6.08 Å². The fourth-order valence-electron chi connectivity index (χ4n) is 1.75. The molecule has 1 heterocycles. The Labute approximate surface area is 129 Å². The van der Waals surface area contributed by atoms with Crippen molar-refractivity contribution < 1.29 is 9.53 Å². The molecule has 2 rings (SSSR count). The zero-order valence-electron chi connectivity index (χ0n) is 12.5. The van der Waals surface area contributed by atoms with Crippen LogP contribution in [0.3, 0.4) is 0 Å². The predicted molar refractivity (Wildman–Crippen MR) is 88.5 cm³/mol. The molecule has 0 unspecified atom stereocenters. The number of benzene rings is 1. The zero-order chi connectivity index (χ0) is 15.8. The van der Waals surface area contributed by atoms with E-state index in [9.17, 15) is 4.79 Å². The molecule has 1 aromatic heterocycles. The lowest BCUT2D eigenvalue weighted by Gasteiger charge is -2.09. The number of amides is 1. The molecule has 0 aliphatic carbocycles. The second-order valence-corrected chi connectivity index (χ2v) is 4.69. The molecule has 2 aromatic rings. The highest BCUT2D eigenvalue weighted by Gasteiger charge is 2.06. The normalized spacial score (nSPS) is 10.6. The number of hydrogen-bond donors (Lipinski definition) is 2. The summed E-state index contributed by atoms with van der Waals surface area (Å²) in [6.45, 7) is 2.60. The average Bonchev–Trinajstić information content (AvgIpc) is 2.53. The minimum atomic E-state index is -0.267. The Morgan fingerprint density at radius 3 is 2.82 bits per heavy atom. The van der Waals surface area contributed by atoms with Crippen LogP contribution in [0.15, 0.2) is 48.7 Å². The van der Waals surface area contributed by atoms with Crippen LogP contribution in [-0.2, 0) is 4.79 Å². The molecule has 0 aliphatic rings. The quantitative estimate of drug-likeness (QED) is 0.634. The summed E-state index contributed by atoms with van der Waals surface area (Å²) in [7, 11) is 0. The molecule has 0 bridgehead atoms. The lowest BCUT2D eigenvalue weighted by Crippen LogP contribution is -2.11. The molecule has 0 atom stereocenters. The van der Waals surface area contributed by atoms with Gasteiger partial charge in [0.2, 0.25) is 5.91 Å². The first kappa shape index (κ1) is 15.6. The van der Waals surface area contributed by atoms with Gasteiger partial charge in [0.15, 0.2) is 11.6 Å². The summed E-state index contributed by atoms with van der Waals surface area (Å²) in [6.07, 6.45) is 5.66. The molecule has 22 heavy (non-hydrogen) atoms. The minimum absolute atomic E-state index is 0.267. The van der Waals surface area contributed by atoms with E-state index >= 15 is 0 Å². The number of rotatable bonds is 6. The Bertz CT molecular complexity index is 651. The van der Waals surface area contributed by atoms with E-state index in [2.05, 4.69) is 10.3 Å². The van der Waals surface area contributed by atoms with Crippen LogP contribution in [-0.4, -0.2) is 17.5 Å². The van der Waals surface area contributed by atoms with Crippen molar-refractivity contribution in [1.29, 1.82) is 0 Å². The number of pyridine rings is 1. The number of carbonyl (C=O) groups is 1. The maximum absolute atomic E-state index is 12.0. The maximum Gasteiger partial charge on any atom is 0.249 e. The molecule has 0 fully saturated rings. The Hall–Kier alpha value is -2.82. The third-order valence-electron chi connectivity index (χ3n) is 2.84. The van der Waals surface area contributed by atoms with Gasteiger partial charge in [-0.05, 0) is 42.3 Å². The summed E-state index contributed by atoms with van der Waals surface area (Å²) < 4.78 is 5.55. The molecule has 3 N–H and O–H groups in total. The number of nitrogens with zero attached hydrogens (tertiary/aromatic N) is 1. The summed E-state index contributed by atoms with van der Waals surface area (Å²) in [4.78, 5) is 16.1. The van der Waals surface area contributed by atoms with Crippen LogP contribution in [0.25, 0.3) is 6.08 Å². The van der Waals surface area contributed by atoms with Gasteiger partial charge in [-0.3, -0.25) is 4.79 Å². The number of carbonyl (C=O) groups excluding carboxylic acids is 1. The second kappa shape index (κ2) is 7.83. The van der Waals surface area contributed by atoms with E-state index in [1.807, 2.05) is 19.1 Å². The highest BCUT2D eigenvalue weighted by molar-refractivity contribution is 6.02. The predicted octanol–water partition coefficient (Wildman–Crippen LogP) is 3.10. The molecule has 0 saturated heterocycles. The topological polar surface area (TPSA) is 77.2 Å². The number of nitrogens with two attached hydrogens (primary N) is 1. The van der Waals surface area contributed by atoms with Gasteiger partial charge < -0.3 is 15.8 Å². The van der Waals surface area contributed by atoms with Gasteiger partial charge in [0.05, 0.1) is 6.61 Å². The summed E-state index contributed by atoms with van der Waals surface area (Å²) in [5, 5.41) is 2.71. The molecule has 1 aromatic carbocycles. The van der Waals surface area contributed by atoms with E-state index in [4.69, 9.17) is 10.5 Å². The summed E-state index contributed by atoms with van der Waals surface area (Å²) in [5.41, 5.74) is 7.20. The average molecular weight is 297 g/mol. The van der Waals surface area contributed by atoms with Gasteiger partial charge in [0, 0.05) is 18.0 Å².